The van der Waals surface area contributed by atoms with Crippen molar-refractivity contribution in [3.05, 3.63) is 53.1 Å². The van der Waals surface area contributed by atoms with Crippen LogP contribution in [0, 0.1) is 5.82 Å². The van der Waals surface area contributed by atoms with E-state index in [2.05, 4.69) is 30.3 Å². The first-order chi connectivity index (χ1) is 9.63. The highest BCUT2D eigenvalue weighted by Crippen LogP contribution is 2.20. The van der Waals surface area contributed by atoms with E-state index < -0.39 is 0 Å². The van der Waals surface area contributed by atoms with Gasteiger partial charge in [0.2, 0.25) is 0 Å². The second-order valence-corrected chi connectivity index (χ2v) is 4.98. The third-order valence-corrected chi connectivity index (χ3v) is 3.47. The SMILES string of the molecule is CCNC(Cc1cccc(F)c1)c1cc(CC)nn1C. The number of nitrogens with one attached hydrogen (secondary N) is 1. The second-order valence-electron chi connectivity index (χ2n) is 4.98. The zero-order chi connectivity index (χ0) is 14.5. The summed E-state index contributed by atoms with van der Waals surface area (Å²) in [5, 5.41) is 7.96. The quantitative estimate of drug-likeness (QED) is 0.878. The number of hydrogen-bond acceptors (Lipinski definition) is 2. The standard InChI is InChI=1S/C16H22FN3/c1-4-14-11-16(20(3)19-14)15(18-5-2)10-12-7-6-8-13(17)9-12/h6-9,11,15,18H,4-5,10H2,1-3H3. The van der Waals surface area contributed by atoms with Crippen LogP contribution in [0.4, 0.5) is 4.39 Å². The van der Waals surface area contributed by atoms with Gasteiger partial charge in [-0.05, 0) is 43.1 Å². The van der Waals surface area contributed by atoms with Crippen LogP contribution in [0.3, 0.4) is 0 Å². The summed E-state index contributed by atoms with van der Waals surface area (Å²) in [4.78, 5) is 0. The third-order valence-electron chi connectivity index (χ3n) is 3.47. The molecule has 1 aromatic heterocycles. The van der Waals surface area contributed by atoms with Gasteiger partial charge in [0.15, 0.2) is 0 Å². The van der Waals surface area contributed by atoms with E-state index in [0.717, 1.165) is 36.3 Å². The highest BCUT2D eigenvalue weighted by molar-refractivity contribution is 5.22. The van der Waals surface area contributed by atoms with Gasteiger partial charge in [-0.3, -0.25) is 4.68 Å². The number of benzene rings is 1. The maximum absolute atomic E-state index is 13.3. The molecule has 0 spiro atoms. The first kappa shape index (κ1) is 14.7. The van der Waals surface area contributed by atoms with Gasteiger partial charge in [-0.1, -0.05) is 26.0 Å². The van der Waals surface area contributed by atoms with Gasteiger partial charge in [0.05, 0.1) is 17.4 Å². The fourth-order valence-corrected chi connectivity index (χ4v) is 2.47. The smallest absolute Gasteiger partial charge is 0.123 e. The number of hydrogen-bond donors (Lipinski definition) is 1. The number of halogens is 1. The molecule has 0 saturated heterocycles. The molecule has 0 aliphatic heterocycles. The van der Waals surface area contributed by atoms with Gasteiger partial charge in [-0.25, -0.2) is 4.39 Å². The molecule has 3 nitrogen and oxygen atoms in total. The molecule has 1 atom stereocenters. The van der Waals surface area contributed by atoms with Gasteiger partial charge in [-0.15, -0.1) is 0 Å². The lowest BCUT2D eigenvalue weighted by atomic mass is 10.0. The number of nitrogens with zero attached hydrogens (tertiary/aromatic N) is 2. The Hall–Kier alpha value is -1.68. The first-order valence-electron chi connectivity index (χ1n) is 7.14. The Bertz CT molecular complexity index is 563. The van der Waals surface area contributed by atoms with Crippen molar-refractivity contribution >= 4 is 0 Å². The fraction of sp³-hybridized carbons (Fsp3) is 0.438. The fourth-order valence-electron chi connectivity index (χ4n) is 2.47. The Morgan fingerprint density at radius 2 is 2.10 bits per heavy atom. The van der Waals surface area contributed by atoms with Gasteiger partial charge in [0, 0.05) is 7.05 Å². The first-order valence-corrected chi connectivity index (χ1v) is 7.14. The molecule has 0 radical (unpaired) electrons. The van der Waals surface area contributed by atoms with Crippen LogP contribution in [0.2, 0.25) is 0 Å². The summed E-state index contributed by atoms with van der Waals surface area (Å²) in [6.07, 6.45) is 1.68. The Labute approximate surface area is 119 Å². The minimum atomic E-state index is -0.183. The van der Waals surface area contributed by atoms with Crippen LogP contribution >= 0.6 is 0 Å². The van der Waals surface area contributed by atoms with E-state index in [4.69, 9.17) is 0 Å². The van der Waals surface area contributed by atoms with Crippen molar-refractivity contribution < 1.29 is 4.39 Å². The average Bonchev–Trinajstić information content (AvgIpc) is 2.80. The number of aromatic nitrogens is 2. The van der Waals surface area contributed by atoms with Crippen LogP contribution in [-0.4, -0.2) is 16.3 Å². The molecule has 0 fully saturated rings. The summed E-state index contributed by atoms with van der Waals surface area (Å²) in [6, 6.07) is 9.08. The zero-order valence-electron chi connectivity index (χ0n) is 12.4. The van der Waals surface area contributed by atoms with Gasteiger partial charge in [0.25, 0.3) is 0 Å². The highest BCUT2D eigenvalue weighted by Gasteiger charge is 2.16. The van der Waals surface area contributed by atoms with Gasteiger partial charge in [0.1, 0.15) is 5.82 Å². The predicted molar refractivity (Wildman–Crippen MR) is 79.1 cm³/mol. The zero-order valence-corrected chi connectivity index (χ0v) is 12.4. The van der Waals surface area contributed by atoms with Gasteiger partial charge >= 0.3 is 0 Å². The van der Waals surface area contributed by atoms with Crippen molar-refractivity contribution in [2.75, 3.05) is 6.54 Å². The van der Waals surface area contributed by atoms with E-state index in [-0.39, 0.29) is 11.9 Å². The summed E-state index contributed by atoms with van der Waals surface area (Å²) in [7, 11) is 1.96. The Morgan fingerprint density at radius 3 is 2.70 bits per heavy atom. The molecule has 2 aromatic rings. The molecule has 0 bridgehead atoms. The van der Waals surface area contributed by atoms with E-state index >= 15 is 0 Å². The second kappa shape index (κ2) is 6.66. The van der Waals surface area contributed by atoms with Crippen molar-refractivity contribution in [1.82, 2.24) is 15.1 Å². The summed E-state index contributed by atoms with van der Waals surface area (Å²) in [5.41, 5.74) is 3.23. The number of likely N-dealkylation sites (N-methyl/N-ethyl adjacent to an activating group) is 1. The van der Waals surface area contributed by atoms with E-state index in [0.29, 0.717) is 0 Å². The van der Waals surface area contributed by atoms with Gasteiger partial charge in [-0.2, -0.15) is 5.10 Å². The largest absolute Gasteiger partial charge is 0.309 e. The normalized spacial score (nSPS) is 12.6. The van der Waals surface area contributed by atoms with Crippen LogP contribution in [-0.2, 0) is 19.9 Å². The number of aryl methyl sites for hydroxylation is 2. The highest BCUT2D eigenvalue weighted by atomic mass is 19.1. The Balaban J connectivity index is 2.24. The van der Waals surface area contributed by atoms with Crippen molar-refractivity contribution in [2.24, 2.45) is 7.05 Å². The lowest BCUT2D eigenvalue weighted by Crippen LogP contribution is -2.25. The Morgan fingerprint density at radius 1 is 1.30 bits per heavy atom. The predicted octanol–water partition coefficient (Wildman–Crippen LogP) is 3.01. The molecule has 4 heteroatoms. The lowest BCUT2D eigenvalue weighted by Gasteiger charge is -2.18. The van der Waals surface area contributed by atoms with Crippen LogP contribution in [0.25, 0.3) is 0 Å². The molecule has 108 valence electrons. The third kappa shape index (κ3) is 3.45. The molecule has 0 aliphatic carbocycles. The Kier molecular flexibility index (Phi) is 4.90. The molecule has 0 aliphatic rings. The van der Waals surface area contributed by atoms with Crippen molar-refractivity contribution in [1.29, 1.82) is 0 Å². The van der Waals surface area contributed by atoms with E-state index in [1.165, 1.54) is 6.07 Å². The topological polar surface area (TPSA) is 29.9 Å². The monoisotopic (exact) mass is 275 g/mol. The molecular formula is C16H22FN3. The van der Waals surface area contributed by atoms with Crippen LogP contribution in [0.15, 0.2) is 30.3 Å². The number of rotatable bonds is 6. The van der Waals surface area contributed by atoms with Gasteiger partial charge < -0.3 is 5.32 Å². The molecule has 2 rings (SSSR count). The summed E-state index contributed by atoms with van der Waals surface area (Å²) in [5.74, 6) is -0.183. The van der Waals surface area contributed by atoms with E-state index in [1.807, 2.05) is 17.8 Å². The molecule has 1 N–H and O–H groups in total. The minimum Gasteiger partial charge on any atom is -0.309 e. The molecule has 0 saturated carbocycles. The minimum absolute atomic E-state index is 0.152. The average molecular weight is 275 g/mol. The maximum Gasteiger partial charge on any atom is 0.123 e. The summed E-state index contributed by atoms with van der Waals surface area (Å²) in [6.45, 7) is 5.04. The summed E-state index contributed by atoms with van der Waals surface area (Å²) >= 11 is 0. The van der Waals surface area contributed by atoms with Crippen LogP contribution in [0.1, 0.15) is 36.8 Å². The molecule has 1 heterocycles. The molecule has 20 heavy (non-hydrogen) atoms. The molecule has 1 aromatic carbocycles. The van der Waals surface area contributed by atoms with Crippen molar-refractivity contribution in [3.8, 4) is 0 Å². The van der Waals surface area contributed by atoms with E-state index in [9.17, 15) is 4.39 Å². The lowest BCUT2D eigenvalue weighted by molar-refractivity contribution is 0.506. The maximum atomic E-state index is 13.3. The summed E-state index contributed by atoms with van der Waals surface area (Å²) < 4.78 is 15.2. The van der Waals surface area contributed by atoms with Crippen LogP contribution in [0.5, 0.6) is 0 Å². The van der Waals surface area contributed by atoms with Crippen molar-refractivity contribution in [2.45, 2.75) is 32.7 Å². The van der Waals surface area contributed by atoms with Crippen molar-refractivity contribution in [3.63, 3.8) is 0 Å². The molecule has 1 unspecified atom stereocenters. The van der Waals surface area contributed by atoms with E-state index in [1.54, 1.807) is 12.1 Å². The molecular weight excluding hydrogens is 253 g/mol. The van der Waals surface area contributed by atoms with Crippen LogP contribution < -0.4 is 5.32 Å². The molecule has 0 amide bonds.